The van der Waals surface area contributed by atoms with Crippen LogP contribution in [0.25, 0.3) is 0 Å². The van der Waals surface area contributed by atoms with E-state index in [1.807, 2.05) is 0 Å². The van der Waals surface area contributed by atoms with Gasteiger partial charge >= 0.3 is 0 Å². The quantitative estimate of drug-likeness (QED) is 0.281. The largest absolute Gasteiger partial charge is 0.409 e. The Morgan fingerprint density at radius 1 is 1.67 bits per heavy atom. The van der Waals surface area contributed by atoms with Crippen molar-refractivity contribution in [2.24, 2.45) is 16.3 Å². The predicted octanol–water partition coefficient (Wildman–Crippen LogP) is 0.818. The molecular formula is C10H19N3O2. The van der Waals surface area contributed by atoms with E-state index in [1.165, 1.54) is 0 Å². The molecular weight excluding hydrogens is 194 g/mol. The van der Waals surface area contributed by atoms with Crippen molar-refractivity contribution in [3.05, 3.63) is 0 Å². The first kappa shape index (κ1) is 11.8. The third-order valence-electron chi connectivity index (χ3n) is 2.80. The van der Waals surface area contributed by atoms with Gasteiger partial charge in [-0.25, -0.2) is 0 Å². The number of carbonyl (C=O) groups is 1. The Hall–Kier alpha value is -1.26. The highest BCUT2D eigenvalue weighted by atomic mass is 16.4. The minimum absolute atomic E-state index is 0.0343. The molecule has 86 valence electrons. The molecule has 4 N–H and O–H groups in total. The normalized spacial score (nSPS) is 25.2. The van der Waals surface area contributed by atoms with Crippen LogP contribution in [0.3, 0.4) is 0 Å². The second-order valence-corrected chi connectivity index (χ2v) is 4.94. The molecule has 15 heavy (non-hydrogen) atoms. The minimum Gasteiger partial charge on any atom is -0.409 e. The highest BCUT2D eigenvalue weighted by molar-refractivity contribution is 5.98. The second-order valence-electron chi connectivity index (χ2n) is 4.94. The van der Waals surface area contributed by atoms with Gasteiger partial charge in [-0.1, -0.05) is 19.0 Å². The monoisotopic (exact) mass is 213 g/mol. The van der Waals surface area contributed by atoms with E-state index in [1.54, 1.807) is 0 Å². The second kappa shape index (κ2) is 4.51. The standard InChI is InChI=1S/C10H19N3O2/c1-10(2)4-3-7(6-10)12-9(14)5-8(11)13-15/h7,15H,3-6H2,1-2H3,(H2,11,13)(H,12,14). The fourth-order valence-electron chi connectivity index (χ4n) is 2.04. The average Bonchev–Trinajstić information content (AvgIpc) is 2.44. The number of carbonyl (C=O) groups excluding carboxylic acids is 1. The Morgan fingerprint density at radius 2 is 2.33 bits per heavy atom. The van der Waals surface area contributed by atoms with Crippen LogP contribution in [0.1, 0.15) is 39.5 Å². The van der Waals surface area contributed by atoms with Crippen molar-refractivity contribution in [2.75, 3.05) is 0 Å². The maximum Gasteiger partial charge on any atom is 0.227 e. The number of nitrogens with zero attached hydrogens (tertiary/aromatic N) is 1. The van der Waals surface area contributed by atoms with Gasteiger partial charge in [-0.3, -0.25) is 4.79 Å². The maximum absolute atomic E-state index is 11.4. The van der Waals surface area contributed by atoms with Gasteiger partial charge in [0.1, 0.15) is 5.84 Å². The van der Waals surface area contributed by atoms with Crippen molar-refractivity contribution in [2.45, 2.75) is 45.6 Å². The van der Waals surface area contributed by atoms with Gasteiger partial charge < -0.3 is 16.3 Å². The molecule has 0 radical (unpaired) electrons. The summed E-state index contributed by atoms with van der Waals surface area (Å²) in [6.45, 7) is 4.39. The van der Waals surface area contributed by atoms with Crippen LogP contribution in [0.4, 0.5) is 0 Å². The van der Waals surface area contributed by atoms with E-state index in [2.05, 4.69) is 24.3 Å². The zero-order valence-corrected chi connectivity index (χ0v) is 9.29. The van der Waals surface area contributed by atoms with Gasteiger partial charge in [-0.15, -0.1) is 0 Å². The molecule has 1 fully saturated rings. The predicted molar refractivity (Wildman–Crippen MR) is 57.6 cm³/mol. The van der Waals surface area contributed by atoms with Crippen LogP contribution in [0.5, 0.6) is 0 Å². The van der Waals surface area contributed by atoms with Crippen LogP contribution in [-0.4, -0.2) is 23.0 Å². The van der Waals surface area contributed by atoms with Gasteiger partial charge in [-0.2, -0.15) is 0 Å². The lowest BCUT2D eigenvalue weighted by Gasteiger charge is -2.17. The number of hydrogen-bond donors (Lipinski definition) is 3. The zero-order valence-electron chi connectivity index (χ0n) is 9.29. The molecule has 1 aliphatic rings. The average molecular weight is 213 g/mol. The fourth-order valence-corrected chi connectivity index (χ4v) is 2.04. The smallest absolute Gasteiger partial charge is 0.227 e. The minimum atomic E-state index is -0.173. The highest BCUT2D eigenvalue weighted by Gasteiger charge is 2.31. The van der Waals surface area contributed by atoms with E-state index < -0.39 is 0 Å². The number of amides is 1. The summed E-state index contributed by atoms with van der Waals surface area (Å²) in [6.07, 6.45) is 3.10. The van der Waals surface area contributed by atoms with Gasteiger partial charge in [0.05, 0.1) is 6.42 Å². The maximum atomic E-state index is 11.4. The van der Waals surface area contributed by atoms with Crippen molar-refractivity contribution >= 4 is 11.7 Å². The molecule has 0 aliphatic heterocycles. The molecule has 0 aromatic heterocycles. The molecule has 1 amide bonds. The van der Waals surface area contributed by atoms with Gasteiger partial charge in [-0.05, 0) is 24.7 Å². The van der Waals surface area contributed by atoms with Gasteiger partial charge in [0.15, 0.2) is 0 Å². The topological polar surface area (TPSA) is 87.7 Å². The molecule has 0 aromatic rings. The Labute approximate surface area is 89.7 Å². The summed E-state index contributed by atoms with van der Waals surface area (Å²) in [5.41, 5.74) is 5.55. The van der Waals surface area contributed by atoms with E-state index in [-0.39, 0.29) is 24.2 Å². The van der Waals surface area contributed by atoms with Crippen LogP contribution in [0.2, 0.25) is 0 Å². The van der Waals surface area contributed by atoms with Crippen molar-refractivity contribution in [1.29, 1.82) is 0 Å². The van der Waals surface area contributed by atoms with E-state index in [9.17, 15) is 4.79 Å². The third-order valence-corrected chi connectivity index (χ3v) is 2.80. The first-order valence-electron chi connectivity index (χ1n) is 5.19. The molecule has 0 aromatic carbocycles. The number of nitrogens with one attached hydrogen (secondary N) is 1. The lowest BCUT2D eigenvalue weighted by atomic mass is 9.92. The first-order valence-corrected chi connectivity index (χ1v) is 5.19. The summed E-state index contributed by atoms with van der Waals surface area (Å²) in [7, 11) is 0. The Kier molecular flexibility index (Phi) is 3.55. The SMILES string of the molecule is CC1(C)CCC(NC(=O)CC(N)=NO)C1. The molecule has 1 aliphatic carbocycles. The molecule has 0 heterocycles. The van der Waals surface area contributed by atoms with Crippen LogP contribution < -0.4 is 11.1 Å². The van der Waals surface area contributed by atoms with Gasteiger partial charge in [0, 0.05) is 6.04 Å². The van der Waals surface area contributed by atoms with Crippen LogP contribution >= 0.6 is 0 Å². The number of amidine groups is 1. The highest BCUT2D eigenvalue weighted by Crippen LogP contribution is 2.36. The lowest BCUT2D eigenvalue weighted by molar-refractivity contribution is -0.120. The molecule has 5 nitrogen and oxygen atoms in total. The summed E-state index contributed by atoms with van der Waals surface area (Å²) in [5.74, 6) is -0.224. The molecule has 5 heteroatoms. The van der Waals surface area contributed by atoms with E-state index in [4.69, 9.17) is 10.9 Å². The molecule has 0 spiro atoms. The Morgan fingerprint density at radius 3 is 2.80 bits per heavy atom. The number of rotatable bonds is 3. The van der Waals surface area contributed by atoms with Gasteiger partial charge in [0.2, 0.25) is 5.91 Å². The van der Waals surface area contributed by atoms with Crippen molar-refractivity contribution < 1.29 is 10.0 Å². The van der Waals surface area contributed by atoms with E-state index in [0.717, 1.165) is 19.3 Å². The van der Waals surface area contributed by atoms with E-state index >= 15 is 0 Å². The summed E-state index contributed by atoms with van der Waals surface area (Å²) in [5, 5.41) is 14.0. The van der Waals surface area contributed by atoms with Crippen LogP contribution in [0, 0.1) is 5.41 Å². The summed E-state index contributed by atoms with van der Waals surface area (Å²) in [4.78, 5) is 11.4. The number of oxime groups is 1. The molecule has 1 unspecified atom stereocenters. The summed E-state index contributed by atoms with van der Waals surface area (Å²) < 4.78 is 0. The summed E-state index contributed by atoms with van der Waals surface area (Å²) >= 11 is 0. The molecule has 1 saturated carbocycles. The Balaban J connectivity index is 2.34. The molecule has 0 bridgehead atoms. The van der Waals surface area contributed by atoms with E-state index in [0.29, 0.717) is 5.41 Å². The third kappa shape index (κ3) is 3.77. The Bertz CT molecular complexity index is 274. The van der Waals surface area contributed by atoms with Crippen LogP contribution in [0.15, 0.2) is 5.16 Å². The molecule has 1 rings (SSSR count). The number of hydrogen-bond acceptors (Lipinski definition) is 3. The first-order chi connectivity index (χ1) is 6.93. The molecule has 0 saturated heterocycles. The van der Waals surface area contributed by atoms with Crippen molar-refractivity contribution in [3.63, 3.8) is 0 Å². The van der Waals surface area contributed by atoms with Crippen molar-refractivity contribution in [3.8, 4) is 0 Å². The zero-order chi connectivity index (χ0) is 11.5. The lowest BCUT2D eigenvalue weighted by Crippen LogP contribution is -2.36. The van der Waals surface area contributed by atoms with Gasteiger partial charge in [0.25, 0.3) is 0 Å². The van der Waals surface area contributed by atoms with Crippen molar-refractivity contribution in [1.82, 2.24) is 5.32 Å². The molecule has 1 atom stereocenters. The summed E-state index contributed by atoms with van der Waals surface area (Å²) in [6, 6.07) is 0.235. The fraction of sp³-hybridized carbons (Fsp3) is 0.800. The van der Waals surface area contributed by atoms with Crippen LogP contribution in [-0.2, 0) is 4.79 Å². The number of nitrogens with two attached hydrogens (primary N) is 1.